The first-order valence-corrected chi connectivity index (χ1v) is 8.69. The highest BCUT2D eigenvalue weighted by Gasteiger charge is 2.25. The molecule has 0 bridgehead atoms. The lowest BCUT2D eigenvalue weighted by molar-refractivity contribution is 0.0270. The van der Waals surface area contributed by atoms with Crippen LogP contribution in [0.2, 0.25) is 0 Å². The SMILES string of the molecule is Cc1c(N)ccc2c1c(C1=CCN(C(=O)OC(C)(C)C)CC1)cn2C. The number of nitrogens with zero attached hydrogens (tertiary/aromatic N) is 2. The second-order valence-electron chi connectivity index (χ2n) is 7.73. The molecule has 2 N–H and O–H groups in total. The van der Waals surface area contributed by atoms with Gasteiger partial charge in [-0.2, -0.15) is 0 Å². The van der Waals surface area contributed by atoms with E-state index >= 15 is 0 Å². The maximum atomic E-state index is 12.2. The van der Waals surface area contributed by atoms with Gasteiger partial charge in [0.15, 0.2) is 0 Å². The van der Waals surface area contributed by atoms with E-state index in [1.807, 2.05) is 26.8 Å². The molecule has 0 saturated carbocycles. The second kappa shape index (κ2) is 6.14. The van der Waals surface area contributed by atoms with Crippen molar-refractivity contribution in [3.8, 4) is 0 Å². The number of carbonyl (C=O) groups is 1. The van der Waals surface area contributed by atoms with Crippen LogP contribution in [0.25, 0.3) is 16.5 Å². The minimum absolute atomic E-state index is 0.249. The van der Waals surface area contributed by atoms with E-state index < -0.39 is 5.60 Å². The van der Waals surface area contributed by atoms with E-state index in [2.05, 4.69) is 36.9 Å². The number of benzene rings is 1. The predicted octanol–water partition coefficient (Wildman–Crippen LogP) is 4.09. The summed E-state index contributed by atoms with van der Waals surface area (Å²) in [6, 6.07) is 4.03. The molecule has 0 fully saturated rings. The summed E-state index contributed by atoms with van der Waals surface area (Å²) in [7, 11) is 2.05. The van der Waals surface area contributed by atoms with Gasteiger partial charge in [-0.05, 0) is 57.4 Å². The minimum atomic E-state index is -0.467. The Kier molecular flexibility index (Phi) is 4.27. The van der Waals surface area contributed by atoms with E-state index in [4.69, 9.17) is 10.5 Å². The molecule has 1 aromatic heterocycles. The molecule has 0 saturated heterocycles. The Hall–Kier alpha value is -2.43. The summed E-state index contributed by atoms with van der Waals surface area (Å²) < 4.78 is 7.60. The molecule has 2 heterocycles. The summed E-state index contributed by atoms with van der Waals surface area (Å²) in [6.45, 7) is 8.97. The summed E-state index contributed by atoms with van der Waals surface area (Å²) in [6.07, 6.45) is 4.85. The number of hydrogen-bond acceptors (Lipinski definition) is 3. The number of amides is 1. The number of rotatable bonds is 1. The van der Waals surface area contributed by atoms with E-state index in [9.17, 15) is 4.79 Å². The van der Waals surface area contributed by atoms with Crippen LogP contribution < -0.4 is 5.73 Å². The molecule has 1 aromatic carbocycles. The Morgan fingerprint density at radius 2 is 2.00 bits per heavy atom. The van der Waals surface area contributed by atoms with E-state index in [1.165, 1.54) is 22.0 Å². The van der Waals surface area contributed by atoms with Crippen LogP contribution in [0.4, 0.5) is 10.5 Å². The number of carbonyl (C=O) groups excluding carboxylic acids is 1. The molecule has 1 aliphatic heterocycles. The molecule has 134 valence electrons. The molecule has 25 heavy (non-hydrogen) atoms. The smallest absolute Gasteiger partial charge is 0.410 e. The first kappa shape index (κ1) is 17.4. The van der Waals surface area contributed by atoms with E-state index in [1.54, 1.807) is 4.90 Å². The molecule has 1 aliphatic rings. The largest absolute Gasteiger partial charge is 0.444 e. The Morgan fingerprint density at radius 1 is 1.28 bits per heavy atom. The van der Waals surface area contributed by atoms with Crippen LogP contribution in [0.15, 0.2) is 24.4 Å². The third kappa shape index (κ3) is 3.36. The van der Waals surface area contributed by atoms with Gasteiger partial charge in [0, 0.05) is 48.5 Å². The van der Waals surface area contributed by atoms with Crippen LogP contribution in [0.5, 0.6) is 0 Å². The highest BCUT2D eigenvalue weighted by molar-refractivity contribution is 5.98. The first-order chi connectivity index (χ1) is 11.7. The van der Waals surface area contributed by atoms with Crippen molar-refractivity contribution in [3.63, 3.8) is 0 Å². The molecule has 0 radical (unpaired) electrons. The monoisotopic (exact) mass is 341 g/mol. The highest BCUT2D eigenvalue weighted by atomic mass is 16.6. The second-order valence-corrected chi connectivity index (χ2v) is 7.73. The van der Waals surface area contributed by atoms with Crippen molar-refractivity contribution in [2.75, 3.05) is 18.8 Å². The standard InChI is InChI=1S/C20H27N3O2/c1-13-16(21)6-7-17-18(13)15(12-22(17)5)14-8-10-23(11-9-14)19(24)25-20(2,3)4/h6-8,12H,9-11,21H2,1-5H3. The third-order valence-corrected chi connectivity index (χ3v) is 4.66. The van der Waals surface area contributed by atoms with E-state index in [-0.39, 0.29) is 6.09 Å². The zero-order chi connectivity index (χ0) is 18.4. The van der Waals surface area contributed by atoms with Crippen LogP contribution in [-0.4, -0.2) is 34.3 Å². The van der Waals surface area contributed by atoms with Crippen LogP contribution in [0.3, 0.4) is 0 Å². The van der Waals surface area contributed by atoms with Gasteiger partial charge < -0.3 is 19.9 Å². The zero-order valence-electron chi connectivity index (χ0n) is 15.7. The molecular weight excluding hydrogens is 314 g/mol. The number of fused-ring (bicyclic) bond motifs is 1. The highest BCUT2D eigenvalue weighted by Crippen LogP contribution is 2.34. The van der Waals surface area contributed by atoms with Crippen molar-refractivity contribution >= 4 is 28.3 Å². The van der Waals surface area contributed by atoms with Crippen molar-refractivity contribution in [2.24, 2.45) is 7.05 Å². The van der Waals surface area contributed by atoms with Crippen LogP contribution in [0.1, 0.15) is 38.3 Å². The lowest BCUT2D eigenvalue weighted by Gasteiger charge is -2.29. The van der Waals surface area contributed by atoms with Crippen LogP contribution in [0, 0.1) is 6.92 Å². The van der Waals surface area contributed by atoms with Crippen molar-refractivity contribution in [3.05, 3.63) is 35.5 Å². The molecule has 5 heteroatoms. The average Bonchev–Trinajstić information content (AvgIpc) is 2.87. The molecule has 2 aromatic rings. The van der Waals surface area contributed by atoms with Gasteiger partial charge in [0.2, 0.25) is 0 Å². The maximum absolute atomic E-state index is 12.2. The fourth-order valence-corrected chi connectivity index (χ4v) is 3.32. The number of aryl methyl sites for hydroxylation is 2. The average molecular weight is 341 g/mol. The van der Waals surface area contributed by atoms with Gasteiger partial charge in [-0.1, -0.05) is 6.08 Å². The molecular formula is C20H27N3O2. The lowest BCUT2D eigenvalue weighted by Crippen LogP contribution is -2.39. The number of ether oxygens (including phenoxy) is 1. The van der Waals surface area contributed by atoms with Gasteiger partial charge in [0.25, 0.3) is 0 Å². The molecule has 1 amide bonds. The van der Waals surface area contributed by atoms with Crippen molar-refractivity contribution < 1.29 is 9.53 Å². The molecule has 3 rings (SSSR count). The molecule has 0 aliphatic carbocycles. The summed E-state index contributed by atoms with van der Waals surface area (Å²) in [5, 5.41) is 1.21. The summed E-state index contributed by atoms with van der Waals surface area (Å²) >= 11 is 0. The Bertz CT molecular complexity index is 856. The summed E-state index contributed by atoms with van der Waals surface area (Å²) in [5.41, 5.74) is 11.2. The normalized spacial score (nSPS) is 15.4. The lowest BCUT2D eigenvalue weighted by atomic mass is 9.96. The number of anilines is 1. The minimum Gasteiger partial charge on any atom is -0.444 e. The topological polar surface area (TPSA) is 60.5 Å². The molecule has 0 atom stereocenters. The molecule has 0 unspecified atom stereocenters. The summed E-state index contributed by atoms with van der Waals surface area (Å²) in [4.78, 5) is 14.0. The zero-order valence-corrected chi connectivity index (χ0v) is 15.7. The van der Waals surface area contributed by atoms with Gasteiger partial charge in [-0.15, -0.1) is 0 Å². The van der Waals surface area contributed by atoms with Crippen molar-refractivity contribution in [1.82, 2.24) is 9.47 Å². The molecule has 5 nitrogen and oxygen atoms in total. The Labute approximate surface area is 149 Å². The predicted molar refractivity (Wildman–Crippen MR) is 102 cm³/mol. The molecule has 0 spiro atoms. The summed E-state index contributed by atoms with van der Waals surface area (Å²) in [5.74, 6) is 0. The van der Waals surface area contributed by atoms with Gasteiger partial charge in [0.05, 0.1) is 0 Å². The van der Waals surface area contributed by atoms with Crippen LogP contribution in [-0.2, 0) is 11.8 Å². The maximum Gasteiger partial charge on any atom is 0.410 e. The van der Waals surface area contributed by atoms with Crippen molar-refractivity contribution in [1.29, 1.82) is 0 Å². The van der Waals surface area contributed by atoms with Gasteiger partial charge in [-0.25, -0.2) is 4.79 Å². The first-order valence-electron chi connectivity index (χ1n) is 8.69. The number of hydrogen-bond donors (Lipinski definition) is 1. The number of nitrogens with two attached hydrogens (primary N) is 1. The van der Waals surface area contributed by atoms with Gasteiger partial charge in [0.1, 0.15) is 5.60 Å². The van der Waals surface area contributed by atoms with E-state index in [0.717, 1.165) is 17.7 Å². The van der Waals surface area contributed by atoms with Crippen LogP contribution >= 0.6 is 0 Å². The number of nitrogen functional groups attached to an aromatic ring is 1. The van der Waals surface area contributed by atoms with Gasteiger partial charge in [-0.3, -0.25) is 0 Å². The number of aromatic nitrogens is 1. The quantitative estimate of drug-likeness (QED) is 0.795. The van der Waals surface area contributed by atoms with Gasteiger partial charge >= 0.3 is 6.09 Å². The van der Waals surface area contributed by atoms with Crippen molar-refractivity contribution in [2.45, 2.75) is 39.7 Å². The third-order valence-electron chi connectivity index (χ3n) is 4.66. The Morgan fingerprint density at radius 3 is 2.60 bits per heavy atom. The fourth-order valence-electron chi connectivity index (χ4n) is 3.32. The fraction of sp³-hybridized carbons (Fsp3) is 0.450. The Balaban J connectivity index is 1.89. The van der Waals surface area contributed by atoms with E-state index in [0.29, 0.717) is 13.1 Å².